The smallest absolute Gasteiger partial charge is 0.258 e. The molecule has 0 N–H and O–H groups in total. The number of hydrogen-bond donors (Lipinski definition) is 0. The first kappa shape index (κ1) is 14.2. The van der Waals surface area contributed by atoms with Crippen molar-refractivity contribution in [2.75, 3.05) is 0 Å². The predicted molar refractivity (Wildman–Crippen MR) is 86.2 cm³/mol. The third-order valence-corrected chi connectivity index (χ3v) is 3.49. The van der Waals surface area contributed by atoms with Crippen molar-refractivity contribution in [1.29, 1.82) is 0 Å². The molecular formula is C18H11FN4O. The van der Waals surface area contributed by atoms with E-state index in [0.717, 1.165) is 22.9 Å². The van der Waals surface area contributed by atoms with Crippen molar-refractivity contribution < 1.29 is 8.91 Å². The minimum Gasteiger partial charge on any atom is -0.334 e. The van der Waals surface area contributed by atoms with Gasteiger partial charge in [0.15, 0.2) is 0 Å². The fraction of sp³-hybridized carbons (Fsp3) is 0. The highest BCUT2D eigenvalue weighted by atomic mass is 19.1. The van der Waals surface area contributed by atoms with Crippen LogP contribution in [0.3, 0.4) is 0 Å². The van der Waals surface area contributed by atoms with Gasteiger partial charge in [0.05, 0.1) is 6.20 Å². The molecule has 3 aromatic heterocycles. The molecule has 3 heterocycles. The zero-order valence-electron chi connectivity index (χ0n) is 12.4. The van der Waals surface area contributed by atoms with Crippen LogP contribution in [-0.2, 0) is 0 Å². The maximum Gasteiger partial charge on any atom is 0.258 e. The molecule has 0 spiro atoms. The average molecular weight is 318 g/mol. The first-order chi connectivity index (χ1) is 11.8. The van der Waals surface area contributed by atoms with E-state index in [9.17, 15) is 4.39 Å². The van der Waals surface area contributed by atoms with Crippen molar-refractivity contribution in [2.45, 2.75) is 0 Å². The van der Waals surface area contributed by atoms with E-state index in [1.165, 1.54) is 12.1 Å². The highest BCUT2D eigenvalue weighted by Gasteiger charge is 2.12. The quantitative estimate of drug-likeness (QED) is 0.571. The van der Waals surface area contributed by atoms with Crippen LogP contribution in [0.4, 0.5) is 4.39 Å². The van der Waals surface area contributed by atoms with Crippen LogP contribution >= 0.6 is 0 Å². The van der Waals surface area contributed by atoms with E-state index >= 15 is 0 Å². The number of rotatable bonds is 3. The van der Waals surface area contributed by atoms with Crippen molar-refractivity contribution in [3.63, 3.8) is 0 Å². The SMILES string of the molecule is Fc1ccc(-c2noc(-c3cccc(-c4cccnc4)c3)n2)nc1. The zero-order chi connectivity index (χ0) is 16.4. The summed E-state index contributed by atoms with van der Waals surface area (Å²) in [5.74, 6) is 0.283. The fourth-order valence-electron chi connectivity index (χ4n) is 2.32. The van der Waals surface area contributed by atoms with Gasteiger partial charge in [0.2, 0.25) is 5.82 Å². The minimum absolute atomic E-state index is 0.316. The number of benzene rings is 1. The van der Waals surface area contributed by atoms with Gasteiger partial charge in [0.1, 0.15) is 11.5 Å². The summed E-state index contributed by atoms with van der Waals surface area (Å²) in [6.07, 6.45) is 4.64. The molecule has 0 atom stereocenters. The maximum atomic E-state index is 12.9. The zero-order valence-corrected chi connectivity index (χ0v) is 12.4. The van der Waals surface area contributed by atoms with E-state index in [2.05, 4.69) is 20.1 Å². The molecular weight excluding hydrogens is 307 g/mol. The summed E-state index contributed by atoms with van der Waals surface area (Å²) in [7, 11) is 0. The van der Waals surface area contributed by atoms with Crippen LogP contribution in [0.5, 0.6) is 0 Å². The number of halogens is 1. The Hall–Kier alpha value is -3.41. The largest absolute Gasteiger partial charge is 0.334 e. The Morgan fingerprint density at radius 3 is 2.54 bits per heavy atom. The highest BCUT2D eigenvalue weighted by Crippen LogP contribution is 2.26. The lowest BCUT2D eigenvalue weighted by molar-refractivity contribution is 0.432. The number of hydrogen-bond acceptors (Lipinski definition) is 5. The molecule has 0 radical (unpaired) electrons. The first-order valence-electron chi connectivity index (χ1n) is 7.26. The Kier molecular flexibility index (Phi) is 3.55. The minimum atomic E-state index is -0.411. The van der Waals surface area contributed by atoms with E-state index < -0.39 is 5.82 Å². The Labute approximate surface area is 136 Å². The van der Waals surface area contributed by atoms with Crippen LogP contribution in [0.15, 0.2) is 71.6 Å². The third-order valence-electron chi connectivity index (χ3n) is 3.49. The van der Waals surface area contributed by atoms with Crippen LogP contribution < -0.4 is 0 Å². The van der Waals surface area contributed by atoms with Crippen molar-refractivity contribution in [3.8, 4) is 34.1 Å². The topological polar surface area (TPSA) is 64.7 Å². The predicted octanol–water partition coefficient (Wildman–Crippen LogP) is 4.00. The van der Waals surface area contributed by atoms with E-state index in [4.69, 9.17) is 4.52 Å². The maximum absolute atomic E-state index is 12.9. The van der Waals surface area contributed by atoms with Gasteiger partial charge in [-0.05, 0) is 35.9 Å². The average Bonchev–Trinajstić information content (AvgIpc) is 3.13. The van der Waals surface area contributed by atoms with Gasteiger partial charge in [-0.3, -0.25) is 4.98 Å². The van der Waals surface area contributed by atoms with Gasteiger partial charge in [-0.2, -0.15) is 4.98 Å². The van der Waals surface area contributed by atoms with Gasteiger partial charge < -0.3 is 4.52 Å². The normalized spacial score (nSPS) is 10.7. The van der Waals surface area contributed by atoms with E-state index in [-0.39, 0.29) is 0 Å². The summed E-state index contributed by atoms with van der Waals surface area (Å²) in [6.45, 7) is 0. The van der Waals surface area contributed by atoms with Gasteiger partial charge in [0.25, 0.3) is 5.89 Å². The lowest BCUT2D eigenvalue weighted by atomic mass is 10.0. The molecule has 0 bridgehead atoms. The van der Waals surface area contributed by atoms with Crippen molar-refractivity contribution >= 4 is 0 Å². The van der Waals surface area contributed by atoms with Gasteiger partial charge in [0, 0.05) is 23.5 Å². The summed E-state index contributed by atoms with van der Waals surface area (Å²) in [5, 5.41) is 3.91. The molecule has 116 valence electrons. The standard InChI is InChI=1S/C18H11FN4O/c19-15-6-7-16(21-11-15)17-22-18(24-23-17)13-4-1-3-12(9-13)14-5-2-8-20-10-14/h1-11H. The Bertz CT molecular complexity index is 968. The molecule has 5 nitrogen and oxygen atoms in total. The summed E-state index contributed by atoms with van der Waals surface area (Å²) in [6, 6.07) is 14.4. The summed E-state index contributed by atoms with van der Waals surface area (Å²) < 4.78 is 18.3. The van der Waals surface area contributed by atoms with Crippen molar-refractivity contribution in [1.82, 2.24) is 20.1 Å². The summed E-state index contributed by atoms with van der Waals surface area (Å²) in [4.78, 5) is 12.4. The molecule has 0 unspecified atom stereocenters. The van der Waals surface area contributed by atoms with E-state index in [1.807, 2.05) is 36.4 Å². The molecule has 0 aliphatic carbocycles. The molecule has 4 rings (SSSR count). The Morgan fingerprint density at radius 2 is 1.75 bits per heavy atom. The summed E-state index contributed by atoms with van der Waals surface area (Å²) in [5.41, 5.74) is 3.24. The van der Waals surface area contributed by atoms with Gasteiger partial charge in [-0.15, -0.1) is 0 Å². The van der Waals surface area contributed by atoms with Crippen LogP contribution in [-0.4, -0.2) is 20.1 Å². The molecule has 4 aromatic rings. The molecule has 0 saturated heterocycles. The second-order valence-electron chi connectivity index (χ2n) is 5.11. The van der Waals surface area contributed by atoms with E-state index in [1.54, 1.807) is 12.4 Å². The first-order valence-corrected chi connectivity index (χ1v) is 7.26. The van der Waals surface area contributed by atoms with Crippen LogP contribution in [0.1, 0.15) is 0 Å². The monoisotopic (exact) mass is 318 g/mol. The Morgan fingerprint density at radius 1 is 0.875 bits per heavy atom. The van der Waals surface area contributed by atoms with Gasteiger partial charge >= 0.3 is 0 Å². The van der Waals surface area contributed by atoms with Crippen LogP contribution in [0.2, 0.25) is 0 Å². The second-order valence-corrected chi connectivity index (χ2v) is 5.11. The molecule has 6 heteroatoms. The summed E-state index contributed by atoms with van der Waals surface area (Å²) >= 11 is 0. The third kappa shape index (κ3) is 2.77. The number of pyridine rings is 2. The molecule has 0 fully saturated rings. The molecule has 0 aliphatic heterocycles. The van der Waals surface area contributed by atoms with Gasteiger partial charge in [-0.25, -0.2) is 9.37 Å². The van der Waals surface area contributed by atoms with Crippen molar-refractivity contribution in [3.05, 3.63) is 72.9 Å². The number of nitrogens with zero attached hydrogens (tertiary/aromatic N) is 4. The molecule has 24 heavy (non-hydrogen) atoms. The van der Waals surface area contributed by atoms with Crippen LogP contribution in [0.25, 0.3) is 34.1 Å². The second kappa shape index (κ2) is 6.00. The van der Waals surface area contributed by atoms with Crippen LogP contribution in [0, 0.1) is 5.82 Å². The Balaban J connectivity index is 1.69. The molecule has 0 aliphatic rings. The fourth-order valence-corrected chi connectivity index (χ4v) is 2.32. The molecule has 0 amide bonds. The van der Waals surface area contributed by atoms with E-state index in [0.29, 0.717) is 17.4 Å². The molecule has 0 saturated carbocycles. The molecule has 1 aromatic carbocycles. The lowest BCUT2D eigenvalue weighted by Gasteiger charge is -2.02. The van der Waals surface area contributed by atoms with Gasteiger partial charge in [-0.1, -0.05) is 23.4 Å². The number of aromatic nitrogens is 4. The lowest BCUT2D eigenvalue weighted by Crippen LogP contribution is -1.87. The highest BCUT2D eigenvalue weighted by molar-refractivity contribution is 5.69. The van der Waals surface area contributed by atoms with Crippen molar-refractivity contribution in [2.24, 2.45) is 0 Å².